The summed E-state index contributed by atoms with van der Waals surface area (Å²) >= 11 is 0. The van der Waals surface area contributed by atoms with Crippen LogP contribution in [0.3, 0.4) is 0 Å². The van der Waals surface area contributed by atoms with E-state index in [1.165, 1.54) is 10.6 Å². The van der Waals surface area contributed by atoms with Crippen LogP contribution in [0.5, 0.6) is 0 Å². The first-order valence-electron chi connectivity index (χ1n) is 5.00. The van der Waals surface area contributed by atoms with E-state index in [9.17, 15) is 9.59 Å². The van der Waals surface area contributed by atoms with Gasteiger partial charge in [0.1, 0.15) is 5.56 Å². The van der Waals surface area contributed by atoms with E-state index >= 15 is 0 Å². The molecule has 5 heteroatoms. The van der Waals surface area contributed by atoms with Crippen molar-refractivity contribution in [3.05, 3.63) is 33.7 Å². The summed E-state index contributed by atoms with van der Waals surface area (Å²) in [4.78, 5) is 22.5. The topological polar surface area (TPSA) is 68.5 Å². The Morgan fingerprint density at radius 3 is 2.75 bits per heavy atom. The Kier molecular flexibility index (Phi) is 4.25. The molecule has 0 spiro atoms. The molecule has 0 radical (unpaired) electrons. The highest BCUT2D eigenvalue weighted by atomic mass is 16.5. The number of carbonyl (C=O) groups is 1. The summed E-state index contributed by atoms with van der Waals surface area (Å²) < 4.78 is 6.35. The van der Waals surface area contributed by atoms with E-state index in [1.807, 2.05) is 0 Å². The van der Waals surface area contributed by atoms with E-state index in [0.29, 0.717) is 19.6 Å². The summed E-state index contributed by atoms with van der Waals surface area (Å²) in [6, 6.07) is 2.98. The highest BCUT2D eigenvalue weighted by Crippen LogP contribution is 2.00. The number of aromatic nitrogens is 1. The lowest BCUT2D eigenvalue weighted by Gasteiger charge is -2.10. The molecule has 0 aromatic carbocycles. The molecule has 0 aliphatic rings. The Labute approximate surface area is 93.3 Å². The predicted octanol–water partition coefficient (Wildman–Crippen LogP) is 0.891. The predicted molar refractivity (Wildman–Crippen MR) is 58.9 cm³/mol. The second-order valence-electron chi connectivity index (χ2n) is 3.50. The average Bonchev–Trinajstić information content (AvgIpc) is 2.22. The van der Waals surface area contributed by atoms with Crippen molar-refractivity contribution in [2.24, 2.45) is 0 Å². The van der Waals surface area contributed by atoms with Crippen molar-refractivity contribution in [3.63, 3.8) is 0 Å². The van der Waals surface area contributed by atoms with Crippen LogP contribution < -0.4 is 5.56 Å². The van der Waals surface area contributed by atoms with E-state index in [1.54, 1.807) is 20.1 Å². The summed E-state index contributed by atoms with van der Waals surface area (Å²) in [5.74, 6) is -1.19. The van der Waals surface area contributed by atoms with Crippen LogP contribution in [-0.4, -0.2) is 29.4 Å². The average molecular weight is 225 g/mol. The number of carboxylic acid groups (broad SMARTS) is 1. The number of methoxy groups -OCH3 is 1. The van der Waals surface area contributed by atoms with Gasteiger partial charge in [-0.1, -0.05) is 0 Å². The van der Waals surface area contributed by atoms with Crippen LogP contribution >= 0.6 is 0 Å². The van der Waals surface area contributed by atoms with E-state index in [0.717, 1.165) is 5.69 Å². The third-order valence-corrected chi connectivity index (χ3v) is 2.35. The third kappa shape index (κ3) is 2.70. The second-order valence-corrected chi connectivity index (χ2v) is 3.50. The fraction of sp³-hybridized carbons (Fsp3) is 0.455. The van der Waals surface area contributed by atoms with Gasteiger partial charge in [-0.05, 0) is 25.5 Å². The van der Waals surface area contributed by atoms with E-state index in [4.69, 9.17) is 9.84 Å². The first kappa shape index (κ1) is 12.4. The molecule has 0 fully saturated rings. The summed E-state index contributed by atoms with van der Waals surface area (Å²) in [5.41, 5.74) is 0.109. The molecule has 0 atom stereocenters. The van der Waals surface area contributed by atoms with Crippen molar-refractivity contribution in [2.45, 2.75) is 19.9 Å². The van der Waals surface area contributed by atoms with Crippen molar-refractivity contribution in [3.8, 4) is 0 Å². The number of ether oxygens (including phenoxy) is 1. The molecular formula is C11H15NO4. The summed E-state index contributed by atoms with van der Waals surface area (Å²) in [5, 5.41) is 8.81. The standard InChI is InChI=1S/C11H15NO4/c1-8-4-5-9(11(14)15)10(13)12(8)6-3-7-16-2/h4-5H,3,6-7H2,1-2H3,(H,14,15). The van der Waals surface area contributed by atoms with Gasteiger partial charge in [-0.25, -0.2) is 4.79 Å². The van der Waals surface area contributed by atoms with Gasteiger partial charge in [-0.15, -0.1) is 0 Å². The number of pyridine rings is 1. The first-order chi connectivity index (χ1) is 7.57. The normalized spacial score (nSPS) is 10.4. The highest BCUT2D eigenvalue weighted by Gasteiger charge is 2.11. The van der Waals surface area contributed by atoms with E-state index < -0.39 is 11.5 Å². The zero-order chi connectivity index (χ0) is 12.1. The number of nitrogens with zero attached hydrogens (tertiary/aromatic N) is 1. The highest BCUT2D eigenvalue weighted by molar-refractivity contribution is 5.87. The Morgan fingerprint density at radius 1 is 1.50 bits per heavy atom. The number of hydrogen-bond donors (Lipinski definition) is 1. The molecular weight excluding hydrogens is 210 g/mol. The minimum absolute atomic E-state index is 0.192. The maximum absolute atomic E-state index is 11.8. The van der Waals surface area contributed by atoms with Crippen LogP contribution in [0.15, 0.2) is 16.9 Å². The van der Waals surface area contributed by atoms with Gasteiger partial charge in [0.15, 0.2) is 0 Å². The molecule has 0 amide bonds. The summed E-state index contributed by atoms with van der Waals surface area (Å²) in [6.45, 7) is 2.79. The summed E-state index contributed by atoms with van der Waals surface area (Å²) in [6.07, 6.45) is 0.681. The minimum Gasteiger partial charge on any atom is -0.477 e. The van der Waals surface area contributed by atoms with Crippen LogP contribution in [0.2, 0.25) is 0 Å². The Balaban J connectivity index is 3.02. The lowest BCUT2D eigenvalue weighted by atomic mass is 10.2. The number of hydrogen-bond acceptors (Lipinski definition) is 3. The fourth-order valence-electron chi connectivity index (χ4n) is 1.48. The SMILES string of the molecule is COCCCn1c(C)ccc(C(=O)O)c1=O. The van der Waals surface area contributed by atoms with Crippen LogP contribution in [0, 0.1) is 6.92 Å². The molecule has 5 nitrogen and oxygen atoms in total. The summed E-state index contributed by atoms with van der Waals surface area (Å²) in [7, 11) is 1.59. The Bertz CT molecular complexity index is 436. The van der Waals surface area contributed by atoms with E-state index in [2.05, 4.69) is 0 Å². The second kappa shape index (κ2) is 5.46. The van der Waals surface area contributed by atoms with Crippen LogP contribution in [0.4, 0.5) is 0 Å². The maximum Gasteiger partial charge on any atom is 0.341 e. The molecule has 0 saturated heterocycles. The van der Waals surface area contributed by atoms with Gasteiger partial charge >= 0.3 is 5.97 Å². The Morgan fingerprint density at radius 2 is 2.19 bits per heavy atom. The lowest BCUT2D eigenvalue weighted by molar-refractivity contribution is 0.0694. The van der Waals surface area contributed by atoms with Gasteiger partial charge in [-0.2, -0.15) is 0 Å². The zero-order valence-corrected chi connectivity index (χ0v) is 9.40. The monoisotopic (exact) mass is 225 g/mol. The zero-order valence-electron chi connectivity index (χ0n) is 9.40. The number of aryl methyl sites for hydroxylation is 1. The van der Waals surface area contributed by atoms with Crippen molar-refractivity contribution >= 4 is 5.97 Å². The molecule has 1 aromatic rings. The molecule has 0 aliphatic carbocycles. The van der Waals surface area contributed by atoms with Crippen LogP contribution in [0.25, 0.3) is 0 Å². The van der Waals surface area contributed by atoms with Crippen molar-refractivity contribution in [1.82, 2.24) is 4.57 Å². The van der Waals surface area contributed by atoms with Gasteiger partial charge in [0.25, 0.3) is 5.56 Å². The van der Waals surface area contributed by atoms with E-state index in [-0.39, 0.29) is 5.56 Å². The lowest BCUT2D eigenvalue weighted by Crippen LogP contribution is -2.28. The van der Waals surface area contributed by atoms with Gasteiger partial charge in [-0.3, -0.25) is 4.79 Å². The molecule has 0 unspecified atom stereocenters. The molecule has 88 valence electrons. The number of rotatable bonds is 5. The molecule has 1 rings (SSSR count). The van der Waals surface area contributed by atoms with Crippen molar-refractivity contribution in [2.75, 3.05) is 13.7 Å². The van der Waals surface area contributed by atoms with Crippen molar-refractivity contribution < 1.29 is 14.6 Å². The van der Waals surface area contributed by atoms with Crippen molar-refractivity contribution in [1.29, 1.82) is 0 Å². The molecule has 0 bridgehead atoms. The minimum atomic E-state index is -1.19. The van der Waals surface area contributed by atoms with Gasteiger partial charge < -0.3 is 14.4 Å². The third-order valence-electron chi connectivity index (χ3n) is 2.35. The number of aromatic carboxylic acids is 1. The molecule has 16 heavy (non-hydrogen) atoms. The van der Waals surface area contributed by atoms with Crippen LogP contribution in [-0.2, 0) is 11.3 Å². The van der Waals surface area contributed by atoms with Gasteiger partial charge in [0, 0.05) is 26.0 Å². The van der Waals surface area contributed by atoms with Crippen LogP contribution in [0.1, 0.15) is 22.5 Å². The smallest absolute Gasteiger partial charge is 0.341 e. The molecule has 1 aromatic heterocycles. The maximum atomic E-state index is 11.8. The molecule has 1 N–H and O–H groups in total. The molecule has 0 aliphatic heterocycles. The van der Waals surface area contributed by atoms with Gasteiger partial charge in [0.2, 0.25) is 0 Å². The largest absolute Gasteiger partial charge is 0.477 e. The molecule has 0 saturated carbocycles. The fourth-order valence-corrected chi connectivity index (χ4v) is 1.48. The quantitative estimate of drug-likeness (QED) is 0.756. The number of carboxylic acids is 1. The first-order valence-corrected chi connectivity index (χ1v) is 5.00. The Hall–Kier alpha value is -1.62. The van der Waals surface area contributed by atoms with Gasteiger partial charge in [0.05, 0.1) is 0 Å². The molecule has 1 heterocycles.